The summed E-state index contributed by atoms with van der Waals surface area (Å²) in [5.74, 6) is 0.923. The predicted molar refractivity (Wildman–Crippen MR) is 41.9 cm³/mol. The van der Waals surface area contributed by atoms with Crippen molar-refractivity contribution in [3.63, 3.8) is 0 Å². The molecule has 0 saturated heterocycles. The first-order valence-electron chi connectivity index (χ1n) is 4.17. The lowest BCUT2D eigenvalue weighted by Crippen LogP contribution is -2.40. The van der Waals surface area contributed by atoms with Crippen molar-refractivity contribution in [3.05, 3.63) is 0 Å². The van der Waals surface area contributed by atoms with Crippen LogP contribution in [-0.4, -0.2) is 24.3 Å². The second-order valence-corrected chi connectivity index (χ2v) is 3.30. The van der Waals surface area contributed by atoms with Gasteiger partial charge in [-0.3, -0.25) is 0 Å². The van der Waals surface area contributed by atoms with E-state index in [2.05, 4.69) is 12.2 Å². The summed E-state index contributed by atoms with van der Waals surface area (Å²) in [7, 11) is 0. The predicted octanol–water partition coefficient (Wildman–Crippen LogP) is 0.757. The van der Waals surface area contributed by atoms with Crippen molar-refractivity contribution in [3.8, 4) is 0 Å². The van der Waals surface area contributed by atoms with E-state index in [0.29, 0.717) is 6.61 Å². The van der Waals surface area contributed by atoms with Gasteiger partial charge in [0.1, 0.15) is 0 Å². The van der Waals surface area contributed by atoms with Crippen LogP contribution in [-0.2, 0) is 0 Å². The van der Waals surface area contributed by atoms with E-state index in [1.165, 1.54) is 12.8 Å². The third-order valence-electron chi connectivity index (χ3n) is 2.14. The standard InChI is InChI=1S/C8H17NO/c1-7-5-8(6-7)9-3-2-4-10/h7-10H,2-6H2,1H3. The molecule has 0 bridgehead atoms. The van der Waals surface area contributed by atoms with Crippen LogP contribution in [0, 0.1) is 5.92 Å². The normalized spacial score (nSPS) is 31.8. The van der Waals surface area contributed by atoms with Gasteiger partial charge in [-0.05, 0) is 31.7 Å². The van der Waals surface area contributed by atoms with Gasteiger partial charge in [0.2, 0.25) is 0 Å². The molecule has 0 unspecified atom stereocenters. The minimum Gasteiger partial charge on any atom is -0.396 e. The van der Waals surface area contributed by atoms with Gasteiger partial charge in [-0.2, -0.15) is 0 Å². The van der Waals surface area contributed by atoms with E-state index in [1.54, 1.807) is 0 Å². The topological polar surface area (TPSA) is 32.3 Å². The highest BCUT2D eigenvalue weighted by atomic mass is 16.3. The molecule has 0 aromatic rings. The minimum absolute atomic E-state index is 0.315. The average Bonchev–Trinajstić information content (AvgIpc) is 1.85. The summed E-state index contributed by atoms with van der Waals surface area (Å²) in [5.41, 5.74) is 0. The molecule has 2 heteroatoms. The van der Waals surface area contributed by atoms with Crippen LogP contribution in [0.4, 0.5) is 0 Å². The Labute approximate surface area is 62.6 Å². The molecule has 0 heterocycles. The lowest BCUT2D eigenvalue weighted by atomic mass is 9.82. The number of aliphatic hydroxyl groups excluding tert-OH is 1. The zero-order valence-corrected chi connectivity index (χ0v) is 6.64. The van der Waals surface area contributed by atoms with E-state index in [4.69, 9.17) is 5.11 Å². The quantitative estimate of drug-likeness (QED) is 0.569. The fraction of sp³-hybridized carbons (Fsp3) is 1.00. The molecule has 1 rings (SSSR count). The number of aliphatic hydroxyl groups is 1. The van der Waals surface area contributed by atoms with Crippen molar-refractivity contribution >= 4 is 0 Å². The van der Waals surface area contributed by atoms with Crippen molar-refractivity contribution in [2.75, 3.05) is 13.2 Å². The maximum atomic E-state index is 8.48. The van der Waals surface area contributed by atoms with Gasteiger partial charge in [-0.1, -0.05) is 6.92 Å². The summed E-state index contributed by atoms with van der Waals surface area (Å²) in [6.45, 7) is 3.58. The SMILES string of the molecule is CC1CC(NCCCO)C1. The number of hydrogen-bond donors (Lipinski definition) is 2. The Morgan fingerprint density at radius 2 is 2.20 bits per heavy atom. The molecule has 1 fully saturated rings. The molecule has 0 aromatic heterocycles. The first-order valence-corrected chi connectivity index (χ1v) is 4.17. The molecule has 2 nitrogen and oxygen atoms in total. The molecule has 0 spiro atoms. The van der Waals surface area contributed by atoms with E-state index < -0.39 is 0 Å². The zero-order valence-electron chi connectivity index (χ0n) is 6.64. The van der Waals surface area contributed by atoms with Crippen molar-refractivity contribution in [2.45, 2.75) is 32.2 Å². The van der Waals surface area contributed by atoms with Gasteiger partial charge < -0.3 is 10.4 Å². The lowest BCUT2D eigenvalue weighted by molar-refractivity contribution is 0.229. The van der Waals surface area contributed by atoms with Gasteiger partial charge in [0, 0.05) is 12.6 Å². The Balaban J connectivity index is 1.86. The molecule has 2 N–H and O–H groups in total. The highest BCUT2D eigenvalue weighted by Crippen LogP contribution is 2.25. The molecular formula is C8H17NO. The Kier molecular flexibility index (Phi) is 3.16. The van der Waals surface area contributed by atoms with Gasteiger partial charge in [-0.15, -0.1) is 0 Å². The second-order valence-electron chi connectivity index (χ2n) is 3.30. The fourth-order valence-electron chi connectivity index (χ4n) is 1.45. The van der Waals surface area contributed by atoms with Gasteiger partial charge in [-0.25, -0.2) is 0 Å². The Morgan fingerprint density at radius 1 is 1.50 bits per heavy atom. The van der Waals surface area contributed by atoms with Crippen molar-refractivity contribution in [1.29, 1.82) is 0 Å². The van der Waals surface area contributed by atoms with Crippen LogP contribution in [0.5, 0.6) is 0 Å². The fourth-order valence-corrected chi connectivity index (χ4v) is 1.45. The molecule has 0 amide bonds. The van der Waals surface area contributed by atoms with Crippen LogP contribution in [0.1, 0.15) is 26.2 Å². The molecule has 1 aliphatic rings. The number of hydrogen-bond acceptors (Lipinski definition) is 2. The highest BCUT2D eigenvalue weighted by Gasteiger charge is 2.23. The summed E-state index contributed by atoms with van der Waals surface area (Å²) in [4.78, 5) is 0. The third-order valence-corrected chi connectivity index (χ3v) is 2.14. The summed E-state index contributed by atoms with van der Waals surface area (Å²) in [6.07, 6.45) is 3.54. The van der Waals surface area contributed by atoms with Crippen LogP contribution in [0.25, 0.3) is 0 Å². The van der Waals surface area contributed by atoms with Crippen LogP contribution in [0.2, 0.25) is 0 Å². The Morgan fingerprint density at radius 3 is 2.70 bits per heavy atom. The molecule has 0 radical (unpaired) electrons. The summed E-state index contributed by atoms with van der Waals surface area (Å²) in [6, 6.07) is 0.751. The molecule has 0 aromatic carbocycles. The van der Waals surface area contributed by atoms with Crippen molar-refractivity contribution < 1.29 is 5.11 Å². The number of nitrogens with one attached hydrogen (secondary N) is 1. The molecule has 60 valence electrons. The van der Waals surface area contributed by atoms with E-state index in [0.717, 1.165) is 24.9 Å². The largest absolute Gasteiger partial charge is 0.396 e. The molecule has 1 saturated carbocycles. The molecule has 1 aliphatic carbocycles. The molecule has 0 atom stereocenters. The summed E-state index contributed by atoms with van der Waals surface area (Å²) in [5, 5.41) is 11.9. The molecular weight excluding hydrogens is 126 g/mol. The van der Waals surface area contributed by atoms with Gasteiger partial charge >= 0.3 is 0 Å². The van der Waals surface area contributed by atoms with E-state index in [1.807, 2.05) is 0 Å². The smallest absolute Gasteiger partial charge is 0.0443 e. The maximum Gasteiger partial charge on any atom is 0.0443 e. The second kappa shape index (κ2) is 3.94. The summed E-state index contributed by atoms with van der Waals surface area (Å²) >= 11 is 0. The van der Waals surface area contributed by atoms with Crippen LogP contribution in [0.15, 0.2) is 0 Å². The van der Waals surface area contributed by atoms with Crippen LogP contribution >= 0.6 is 0 Å². The Hall–Kier alpha value is -0.0800. The van der Waals surface area contributed by atoms with E-state index in [9.17, 15) is 0 Å². The first-order chi connectivity index (χ1) is 4.83. The molecule has 10 heavy (non-hydrogen) atoms. The van der Waals surface area contributed by atoms with E-state index in [-0.39, 0.29) is 0 Å². The summed E-state index contributed by atoms with van der Waals surface area (Å²) < 4.78 is 0. The van der Waals surface area contributed by atoms with Crippen molar-refractivity contribution in [1.82, 2.24) is 5.32 Å². The van der Waals surface area contributed by atoms with Crippen LogP contribution in [0.3, 0.4) is 0 Å². The lowest BCUT2D eigenvalue weighted by Gasteiger charge is -2.33. The van der Waals surface area contributed by atoms with Crippen molar-refractivity contribution in [2.24, 2.45) is 5.92 Å². The van der Waals surface area contributed by atoms with Gasteiger partial charge in [0.25, 0.3) is 0 Å². The maximum absolute atomic E-state index is 8.48. The number of rotatable bonds is 4. The first kappa shape index (κ1) is 8.02. The van der Waals surface area contributed by atoms with Crippen LogP contribution < -0.4 is 5.32 Å². The highest BCUT2D eigenvalue weighted by molar-refractivity contribution is 4.81. The molecule has 0 aliphatic heterocycles. The minimum atomic E-state index is 0.315. The average molecular weight is 143 g/mol. The van der Waals surface area contributed by atoms with Gasteiger partial charge in [0.15, 0.2) is 0 Å². The zero-order chi connectivity index (χ0) is 7.40. The van der Waals surface area contributed by atoms with E-state index >= 15 is 0 Å². The third kappa shape index (κ3) is 2.27. The monoisotopic (exact) mass is 143 g/mol. The van der Waals surface area contributed by atoms with Gasteiger partial charge in [0.05, 0.1) is 0 Å². The Bertz CT molecular complexity index is 89.3.